The molecular formula is C9H13N3O. The van der Waals surface area contributed by atoms with Crippen LogP contribution in [0.15, 0.2) is 29.4 Å². The number of nitrogens with two attached hydrogens (primary N) is 2. The molecule has 4 heteroatoms. The maximum atomic E-state index is 5.51. The van der Waals surface area contributed by atoms with Gasteiger partial charge in [0.25, 0.3) is 0 Å². The smallest absolute Gasteiger partial charge is 0.150 e. The Kier molecular flexibility index (Phi) is 3.28. The van der Waals surface area contributed by atoms with Gasteiger partial charge in [0.15, 0.2) is 0 Å². The molecule has 0 heterocycles. The molecule has 0 bridgehead atoms. The number of amidine groups is 1. The summed E-state index contributed by atoms with van der Waals surface area (Å²) in [6.07, 6.45) is 0. The second-order valence-electron chi connectivity index (χ2n) is 2.64. The first-order valence-electron chi connectivity index (χ1n) is 3.89. The zero-order valence-electron chi connectivity index (χ0n) is 7.53. The Morgan fingerprint density at radius 3 is 2.46 bits per heavy atom. The van der Waals surface area contributed by atoms with Gasteiger partial charge < -0.3 is 16.3 Å². The number of hydrogen-bond acceptors (Lipinski definition) is 3. The fourth-order valence-corrected chi connectivity index (χ4v) is 1.01. The summed E-state index contributed by atoms with van der Waals surface area (Å²) in [4.78, 5) is 0. The predicted octanol–water partition coefficient (Wildman–Crippen LogP) is 0.412. The third-order valence-corrected chi connectivity index (χ3v) is 1.70. The van der Waals surface area contributed by atoms with Crippen LogP contribution in [0.4, 0.5) is 0 Å². The summed E-state index contributed by atoms with van der Waals surface area (Å²) >= 11 is 0. The molecule has 0 aliphatic heterocycles. The van der Waals surface area contributed by atoms with E-state index in [1.54, 1.807) is 7.11 Å². The normalized spacial score (nSPS) is 11.6. The average Bonchev–Trinajstić information content (AvgIpc) is 2.18. The summed E-state index contributed by atoms with van der Waals surface area (Å²) in [5.41, 5.74) is 7.43. The van der Waals surface area contributed by atoms with Gasteiger partial charge in [0.1, 0.15) is 5.84 Å². The lowest BCUT2D eigenvalue weighted by Gasteiger charge is -2.01. The van der Waals surface area contributed by atoms with Gasteiger partial charge in [0.2, 0.25) is 0 Å². The van der Waals surface area contributed by atoms with Crippen LogP contribution in [0.3, 0.4) is 0 Å². The maximum absolute atomic E-state index is 5.51. The minimum absolute atomic E-state index is 0.337. The van der Waals surface area contributed by atoms with E-state index in [1.165, 1.54) is 0 Å². The SMILES string of the molecule is COCc1ccc(C(N)=NN)cc1. The molecule has 13 heavy (non-hydrogen) atoms. The summed E-state index contributed by atoms with van der Waals surface area (Å²) in [6, 6.07) is 7.58. The highest BCUT2D eigenvalue weighted by Gasteiger charge is 1.97. The highest BCUT2D eigenvalue weighted by molar-refractivity contribution is 5.97. The van der Waals surface area contributed by atoms with Gasteiger partial charge in [-0.1, -0.05) is 24.3 Å². The van der Waals surface area contributed by atoms with E-state index in [-0.39, 0.29) is 0 Å². The van der Waals surface area contributed by atoms with Gasteiger partial charge >= 0.3 is 0 Å². The van der Waals surface area contributed by atoms with E-state index >= 15 is 0 Å². The van der Waals surface area contributed by atoms with Crippen LogP contribution >= 0.6 is 0 Å². The monoisotopic (exact) mass is 179 g/mol. The fraction of sp³-hybridized carbons (Fsp3) is 0.222. The Hall–Kier alpha value is -1.55. The summed E-state index contributed by atoms with van der Waals surface area (Å²) in [5.74, 6) is 5.38. The molecule has 0 fully saturated rings. The first-order valence-corrected chi connectivity index (χ1v) is 3.89. The molecule has 4 N–H and O–H groups in total. The Morgan fingerprint density at radius 1 is 1.38 bits per heavy atom. The standard InChI is InChI=1S/C9H13N3O/c1-13-6-7-2-4-8(5-3-7)9(10)12-11/h2-5H,6,11H2,1H3,(H2,10,12). The van der Waals surface area contributed by atoms with Crippen molar-refractivity contribution < 1.29 is 4.74 Å². The Morgan fingerprint density at radius 2 is 2.00 bits per heavy atom. The molecule has 70 valence electrons. The topological polar surface area (TPSA) is 73.6 Å². The summed E-state index contributed by atoms with van der Waals surface area (Å²) in [6.45, 7) is 0.597. The number of benzene rings is 1. The van der Waals surface area contributed by atoms with E-state index in [4.69, 9.17) is 16.3 Å². The second-order valence-corrected chi connectivity index (χ2v) is 2.64. The van der Waals surface area contributed by atoms with Crippen LogP contribution in [0.2, 0.25) is 0 Å². The lowest BCUT2D eigenvalue weighted by Crippen LogP contribution is -2.15. The van der Waals surface area contributed by atoms with Crippen LogP contribution in [0.25, 0.3) is 0 Å². The van der Waals surface area contributed by atoms with Crippen LogP contribution in [0.5, 0.6) is 0 Å². The van der Waals surface area contributed by atoms with Gasteiger partial charge in [-0.25, -0.2) is 0 Å². The lowest BCUT2D eigenvalue weighted by atomic mass is 10.1. The van der Waals surface area contributed by atoms with Gasteiger partial charge in [-0.15, -0.1) is 0 Å². The fourth-order valence-electron chi connectivity index (χ4n) is 1.01. The third kappa shape index (κ3) is 2.45. The van der Waals surface area contributed by atoms with Gasteiger partial charge in [-0.3, -0.25) is 0 Å². The first-order chi connectivity index (χ1) is 6.27. The molecule has 4 nitrogen and oxygen atoms in total. The molecule has 1 aromatic carbocycles. The lowest BCUT2D eigenvalue weighted by molar-refractivity contribution is 0.185. The summed E-state index contributed by atoms with van der Waals surface area (Å²) in [7, 11) is 1.66. The number of methoxy groups -OCH3 is 1. The van der Waals surface area contributed by atoms with Crippen molar-refractivity contribution >= 4 is 5.84 Å². The van der Waals surface area contributed by atoms with Gasteiger partial charge in [-0.05, 0) is 5.56 Å². The predicted molar refractivity (Wildman–Crippen MR) is 52.1 cm³/mol. The van der Waals surface area contributed by atoms with Crippen LogP contribution in [-0.2, 0) is 11.3 Å². The van der Waals surface area contributed by atoms with E-state index in [9.17, 15) is 0 Å². The van der Waals surface area contributed by atoms with Crippen molar-refractivity contribution in [1.82, 2.24) is 0 Å². The van der Waals surface area contributed by atoms with Crippen LogP contribution in [0, 0.1) is 0 Å². The molecule has 0 radical (unpaired) electrons. The molecular weight excluding hydrogens is 166 g/mol. The molecule has 0 unspecified atom stereocenters. The summed E-state index contributed by atoms with van der Waals surface area (Å²) < 4.78 is 4.97. The van der Waals surface area contributed by atoms with Gasteiger partial charge in [-0.2, -0.15) is 5.10 Å². The second kappa shape index (κ2) is 4.47. The van der Waals surface area contributed by atoms with Crippen molar-refractivity contribution in [2.24, 2.45) is 16.7 Å². The molecule has 1 aromatic rings. The first kappa shape index (κ1) is 9.54. The number of hydrazone groups is 1. The van der Waals surface area contributed by atoms with E-state index in [2.05, 4.69) is 5.10 Å². The zero-order valence-corrected chi connectivity index (χ0v) is 7.53. The quantitative estimate of drug-likeness (QED) is 0.305. The Labute approximate surface area is 77.2 Å². The maximum Gasteiger partial charge on any atom is 0.150 e. The third-order valence-electron chi connectivity index (χ3n) is 1.70. The summed E-state index contributed by atoms with van der Waals surface area (Å²) in [5, 5.41) is 3.40. The molecule has 0 saturated carbocycles. The van der Waals surface area contributed by atoms with Gasteiger partial charge in [0.05, 0.1) is 6.61 Å². The van der Waals surface area contributed by atoms with Crippen molar-refractivity contribution in [3.63, 3.8) is 0 Å². The van der Waals surface area contributed by atoms with Crippen molar-refractivity contribution in [1.29, 1.82) is 0 Å². The Bertz CT molecular complexity index is 292. The van der Waals surface area contributed by atoms with Crippen LogP contribution in [0.1, 0.15) is 11.1 Å². The van der Waals surface area contributed by atoms with E-state index in [1.807, 2.05) is 24.3 Å². The van der Waals surface area contributed by atoms with E-state index in [0.717, 1.165) is 11.1 Å². The van der Waals surface area contributed by atoms with Crippen molar-refractivity contribution in [2.75, 3.05) is 7.11 Å². The number of nitrogens with zero attached hydrogens (tertiary/aromatic N) is 1. The number of hydrogen-bond donors (Lipinski definition) is 2. The molecule has 0 aliphatic carbocycles. The number of ether oxygens (including phenoxy) is 1. The molecule has 0 aliphatic rings. The number of rotatable bonds is 3. The van der Waals surface area contributed by atoms with E-state index in [0.29, 0.717) is 12.4 Å². The van der Waals surface area contributed by atoms with Crippen LogP contribution in [-0.4, -0.2) is 12.9 Å². The zero-order chi connectivity index (χ0) is 9.68. The molecule has 0 spiro atoms. The highest BCUT2D eigenvalue weighted by Crippen LogP contribution is 2.04. The molecule has 0 aromatic heterocycles. The highest BCUT2D eigenvalue weighted by atomic mass is 16.5. The minimum Gasteiger partial charge on any atom is -0.382 e. The Balaban J connectivity index is 2.81. The molecule has 1 rings (SSSR count). The largest absolute Gasteiger partial charge is 0.382 e. The minimum atomic E-state index is 0.337. The molecule has 0 saturated heterocycles. The van der Waals surface area contributed by atoms with Crippen molar-refractivity contribution in [3.05, 3.63) is 35.4 Å². The molecule has 0 amide bonds. The average molecular weight is 179 g/mol. The van der Waals surface area contributed by atoms with Crippen LogP contribution < -0.4 is 11.6 Å². The van der Waals surface area contributed by atoms with Crippen molar-refractivity contribution in [2.45, 2.75) is 6.61 Å². The van der Waals surface area contributed by atoms with E-state index < -0.39 is 0 Å². The van der Waals surface area contributed by atoms with Crippen molar-refractivity contribution in [3.8, 4) is 0 Å². The van der Waals surface area contributed by atoms with Gasteiger partial charge in [0, 0.05) is 12.7 Å². The molecule has 0 atom stereocenters.